The molecule has 2 aromatic carbocycles. The van der Waals surface area contributed by atoms with Gasteiger partial charge in [-0.1, -0.05) is 30.3 Å². The van der Waals surface area contributed by atoms with Crippen LogP contribution in [0.15, 0.2) is 65.8 Å². The number of nitrogens with one attached hydrogen (secondary N) is 1. The van der Waals surface area contributed by atoms with Gasteiger partial charge in [-0.15, -0.1) is 0 Å². The molecular formula is C22H21N3O3. The first-order valence-electron chi connectivity index (χ1n) is 8.84. The van der Waals surface area contributed by atoms with E-state index in [1.165, 1.54) is 0 Å². The lowest BCUT2D eigenvalue weighted by Crippen LogP contribution is -2.19. The number of aromatic carboxylic acids is 1. The van der Waals surface area contributed by atoms with Gasteiger partial charge >= 0.3 is 5.97 Å². The first-order chi connectivity index (χ1) is 13.5. The van der Waals surface area contributed by atoms with Crippen LogP contribution in [0.1, 0.15) is 32.9 Å². The lowest BCUT2D eigenvalue weighted by atomic mass is 10.1. The number of carboxylic acids is 1. The lowest BCUT2D eigenvalue weighted by molar-refractivity contribution is -0.120. The van der Waals surface area contributed by atoms with E-state index < -0.39 is 5.97 Å². The number of aromatic nitrogens is 1. The summed E-state index contributed by atoms with van der Waals surface area (Å²) in [5.74, 6) is -1.13. The maximum absolute atomic E-state index is 12.0. The van der Waals surface area contributed by atoms with Gasteiger partial charge in [-0.2, -0.15) is 5.10 Å². The first kappa shape index (κ1) is 19.1. The normalized spacial score (nSPS) is 10.9. The minimum atomic E-state index is -0.952. The second kappa shape index (κ2) is 8.35. The van der Waals surface area contributed by atoms with Gasteiger partial charge in [0.05, 0.1) is 18.2 Å². The summed E-state index contributed by atoms with van der Waals surface area (Å²) in [6.07, 6.45) is 1.89. The number of aryl methyl sites for hydroxylation is 1. The highest BCUT2D eigenvalue weighted by atomic mass is 16.4. The Morgan fingerprint density at radius 2 is 1.75 bits per heavy atom. The standard InChI is InChI=1S/C22H21N3O3/c1-15-12-19(14-23-24-21(26)13-17-6-4-3-5-7-17)16(2)25(15)20-10-8-18(9-11-20)22(27)28/h3-12,14H,13H2,1-2H3,(H,24,26)(H,27,28)/b23-14+. The third-order valence-electron chi connectivity index (χ3n) is 4.44. The van der Waals surface area contributed by atoms with Crippen molar-refractivity contribution in [1.29, 1.82) is 0 Å². The Labute approximate surface area is 163 Å². The van der Waals surface area contributed by atoms with Crippen LogP contribution in [0.4, 0.5) is 0 Å². The molecule has 0 radical (unpaired) electrons. The summed E-state index contributed by atoms with van der Waals surface area (Å²) in [4.78, 5) is 23.0. The average Bonchev–Trinajstić information content (AvgIpc) is 2.96. The highest BCUT2D eigenvalue weighted by Crippen LogP contribution is 2.20. The third kappa shape index (κ3) is 4.35. The van der Waals surface area contributed by atoms with Crippen molar-refractivity contribution in [1.82, 2.24) is 9.99 Å². The Hall–Kier alpha value is -3.67. The third-order valence-corrected chi connectivity index (χ3v) is 4.44. The van der Waals surface area contributed by atoms with E-state index in [-0.39, 0.29) is 17.9 Å². The van der Waals surface area contributed by atoms with Crippen molar-refractivity contribution >= 4 is 18.1 Å². The summed E-state index contributed by atoms with van der Waals surface area (Å²) in [5.41, 5.74) is 7.40. The van der Waals surface area contributed by atoms with Crippen LogP contribution in [0, 0.1) is 13.8 Å². The Balaban J connectivity index is 1.71. The Bertz CT molecular complexity index is 1020. The van der Waals surface area contributed by atoms with Crippen LogP contribution in [0.3, 0.4) is 0 Å². The van der Waals surface area contributed by atoms with E-state index in [1.54, 1.807) is 30.5 Å². The van der Waals surface area contributed by atoms with Gasteiger partial charge in [0.1, 0.15) is 0 Å². The molecule has 0 aliphatic rings. The topological polar surface area (TPSA) is 83.7 Å². The molecule has 0 aliphatic heterocycles. The molecule has 0 aliphatic carbocycles. The minimum Gasteiger partial charge on any atom is -0.478 e. The van der Waals surface area contributed by atoms with Crippen LogP contribution in [0.2, 0.25) is 0 Å². The smallest absolute Gasteiger partial charge is 0.335 e. The van der Waals surface area contributed by atoms with Gasteiger partial charge in [-0.05, 0) is 49.7 Å². The number of nitrogens with zero attached hydrogens (tertiary/aromatic N) is 2. The SMILES string of the molecule is Cc1cc(/C=N/NC(=O)Cc2ccccc2)c(C)n1-c1ccc(C(=O)O)cc1. The largest absolute Gasteiger partial charge is 0.478 e. The number of rotatable bonds is 6. The van der Waals surface area contributed by atoms with E-state index in [9.17, 15) is 9.59 Å². The summed E-state index contributed by atoms with van der Waals surface area (Å²) in [7, 11) is 0. The van der Waals surface area contributed by atoms with Crippen molar-refractivity contribution in [3.05, 3.63) is 88.7 Å². The number of hydrogen-bond acceptors (Lipinski definition) is 3. The minimum absolute atomic E-state index is 0.180. The number of benzene rings is 2. The number of hydrogen-bond donors (Lipinski definition) is 2. The Morgan fingerprint density at radius 1 is 1.07 bits per heavy atom. The molecule has 0 bridgehead atoms. The fraction of sp³-hybridized carbons (Fsp3) is 0.136. The Kier molecular flexibility index (Phi) is 5.69. The molecule has 3 rings (SSSR count). The van der Waals surface area contributed by atoms with Gasteiger partial charge in [-0.25, -0.2) is 10.2 Å². The molecule has 3 aromatic rings. The Morgan fingerprint density at radius 3 is 2.39 bits per heavy atom. The molecule has 28 heavy (non-hydrogen) atoms. The maximum Gasteiger partial charge on any atom is 0.335 e. The van der Waals surface area contributed by atoms with E-state index in [0.717, 1.165) is 28.2 Å². The van der Waals surface area contributed by atoms with Crippen LogP contribution >= 0.6 is 0 Å². The van der Waals surface area contributed by atoms with E-state index >= 15 is 0 Å². The quantitative estimate of drug-likeness (QED) is 0.511. The predicted octanol–water partition coefficient (Wildman–Crippen LogP) is 3.49. The lowest BCUT2D eigenvalue weighted by Gasteiger charge is -2.09. The van der Waals surface area contributed by atoms with E-state index in [2.05, 4.69) is 10.5 Å². The fourth-order valence-corrected chi connectivity index (χ4v) is 3.06. The van der Waals surface area contributed by atoms with Crippen LogP contribution < -0.4 is 5.43 Å². The molecule has 0 saturated heterocycles. The van der Waals surface area contributed by atoms with Gasteiger partial charge in [0.15, 0.2) is 0 Å². The van der Waals surface area contributed by atoms with E-state index in [4.69, 9.17) is 5.11 Å². The molecule has 6 nitrogen and oxygen atoms in total. The number of carboxylic acid groups (broad SMARTS) is 1. The molecule has 0 atom stereocenters. The number of hydrazone groups is 1. The summed E-state index contributed by atoms with van der Waals surface area (Å²) in [6.45, 7) is 3.91. The summed E-state index contributed by atoms with van der Waals surface area (Å²) in [6, 6.07) is 18.1. The predicted molar refractivity (Wildman–Crippen MR) is 108 cm³/mol. The second-order valence-corrected chi connectivity index (χ2v) is 6.47. The summed E-state index contributed by atoms with van der Waals surface area (Å²) < 4.78 is 2.01. The van der Waals surface area contributed by atoms with Crippen molar-refractivity contribution in [2.45, 2.75) is 20.3 Å². The molecule has 0 unspecified atom stereocenters. The van der Waals surface area contributed by atoms with Crippen molar-refractivity contribution in [3.8, 4) is 5.69 Å². The summed E-state index contributed by atoms with van der Waals surface area (Å²) in [5, 5.41) is 13.1. The van der Waals surface area contributed by atoms with Gasteiger partial charge in [0, 0.05) is 22.6 Å². The molecule has 1 aromatic heterocycles. The highest BCUT2D eigenvalue weighted by Gasteiger charge is 2.10. The van der Waals surface area contributed by atoms with Crippen LogP contribution in [-0.4, -0.2) is 27.8 Å². The van der Waals surface area contributed by atoms with Gasteiger partial charge < -0.3 is 9.67 Å². The van der Waals surface area contributed by atoms with E-state index in [0.29, 0.717) is 0 Å². The molecule has 1 heterocycles. The number of carbonyl (C=O) groups is 2. The van der Waals surface area contributed by atoms with Crippen LogP contribution in [-0.2, 0) is 11.2 Å². The molecule has 0 fully saturated rings. The number of carbonyl (C=O) groups excluding carboxylic acids is 1. The average molecular weight is 375 g/mol. The number of amides is 1. The van der Waals surface area contributed by atoms with Crippen LogP contribution in [0.5, 0.6) is 0 Å². The van der Waals surface area contributed by atoms with Gasteiger partial charge in [-0.3, -0.25) is 4.79 Å². The molecule has 0 spiro atoms. The fourth-order valence-electron chi connectivity index (χ4n) is 3.06. The monoisotopic (exact) mass is 375 g/mol. The van der Waals surface area contributed by atoms with Gasteiger partial charge in [0.25, 0.3) is 0 Å². The van der Waals surface area contributed by atoms with Crippen LogP contribution in [0.25, 0.3) is 5.69 Å². The molecule has 2 N–H and O–H groups in total. The van der Waals surface area contributed by atoms with Crippen molar-refractivity contribution in [2.24, 2.45) is 5.10 Å². The highest BCUT2D eigenvalue weighted by molar-refractivity contribution is 5.88. The second-order valence-electron chi connectivity index (χ2n) is 6.47. The van der Waals surface area contributed by atoms with Crippen molar-refractivity contribution in [3.63, 3.8) is 0 Å². The maximum atomic E-state index is 12.0. The molecule has 6 heteroatoms. The first-order valence-corrected chi connectivity index (χ1v) is 8.84. The van der Waals surface area contributed by atoms with E-state index in [1.807, 2.05) is 54.8 Å². The summed E-state index contributed by atoms with van der Waals surface area (Å²) >= 11 is 0. The van der Waals surface area contributed by atoms with Gasteiger partial charge in [0.2, 0.25) is 5.91 Å². The zero-order valence-corrected chi connectivity index (χ0v) is 15.7. The molecule has 1 amide bonds. The zero-order valence-electron chi connectivity index (χ0n) is 15.7. The van der Waals surface area contributed by atoms with Crippen molar-refractivity contribution in [2.75, 3.05) is 0 Å². The van der Waals surface area contributed by atoms with Crippen molar-refractivity contribution < 1.29 is 14.7 Å². The molecule has 0 saturated carbocycles. The molecule has 142 valence electrons. The zero-order chi connectivity index (χ0) is 20.1. The molecular weight excluding hydrogens is 354 g/mol.